The number of carbonyl (C=O) groups excluding carboxylic acids is 1. The molecule has 0 spiro atoms. The summed E-state index contributed by atoms with van der Waals surface area (Å²) in [5.41, 5.74) is 2.60. The fourth-order valence-electron chi connectivity index (χ4n) is 2.79. The lowest BCUT2D eigenvalue weighted by Gasteiger charge is -2.22. The molecule has 3 heterocycles. The van der Waals surface area contributed by atoms with Crippen molar-refractivity contribution in [3.63, 3.8) is 0 Å². The number of fused-ring (bicyclic) bond motifs is 1. The summed E-state index contributed by atoms with van der Waals surface area (Å²) < 4.78 is 1.61. The highest BCUT2D eigenvalue weighted by atomic mass is 16.2. The maximum atomic E-state index is 12.5. The van der Waals surface area contributed by atoms with Gasteiger partial charge in [0.25, 0.3) is 0 Å². The Hall–Kier alpha value is -3.07. The first-order valence-corrected chi connectivity index (χ1v) is 7.69. The third-order valence-corrected chi connectivity index (χ3v) is 3.97. The van der Waals surface area contributed by atoms with E-state index in [0.29, 0.717) is 5.82 Å². The number of imidazole rings is 1. The van der Waals surface area contributed by atoms with Crippen LogP contribution in [0.2, 0.25) is 0 Å². The number of H-pyrrole nitrogens is 1. The maximum absolute atomic E-state index is 12.5. The molecule has 1 aromatic carbocycles. The summed E-state index contributed by atoms with van der Waals surface area (Å²) in [5, 5.41) is 17.7. The minimum absolute atomic E-state index is 0.148. The molecule has 0 saturated heterocycles. The second kappa shape index (κ2) is 6.20. The molecule has 9 nitrogen and oxygen atoms in total. The SMILES string of the molecule is O=C(NCc1nnnn1-c1ccccc1)[C@H]1NCCc2[nH]cnc21. The lowest BCUT2D eigenvalue weighted by molar-refractivity contribution is -0.123. The van der Waals surface area contributed by atoms with E-state index in [4.69, 9.17) is 0 Å². The molecule has 24 heavy (non-hydrogen) atoms. The first-order chi connectivity index (χ1) is 11.8. The lowest BCUT2D eigenvalue weighted by Crippen LogP contribution is -2.41. The first-order valence-electron chi connectivity index (χ1n) is 7.69. The van der Waals surface area contributed by atoms with Crippen molar-refractivity contribution in [2.24, 2.45) is 0 Å². The van der Waals surface area contributed by atoms with Crippen molar-refractivity contribution in [2.45, 2.75) is 19.0 Å². The summed E-state index contributed by atoms with van der Waals surface area (Å²) in [6, 6.07) is 9.09. The van der Waals surface area contributed by atoms with Gasteiger partial charge in [0.1, 0.15) is 6.04 Å². The number of nitrogens with one attached hydrogen (secondary N) is 3. The van der Waals surface area contributed by atoms with Crippen molar-refractivity contribution in [3.8, 4) is 5.69 Å². The number of nitrogens with zero attached hydrogens (tertiary/aromatic N) is 5. The zero-order valence-corrected chi connectivity index (χ0v) is 12.8. The summed E-state index contributed by atoms with van der Waals surface area (Å²) in [5.74, 6) is 0.415. The minimum atomic E-state index is -0.457. The van der Waals surface area contributed by atoms with E-state index in [2.05, 4.69) is 36.1 Å². The molecule has 0 bridgehead atoms. The summed E-state index contributed by atoms with van der Waals surface area (Å²) in [4.78, 5) is 19.8. The Morgan fingerprint density at radius 3 is 3.08 bits per heavy atom. The van der Waals surface area contributed by atoms with Crippen molar-refractivity contribution in [3.05, 3.63) is 53.9 Å². The van der Waals surface area contributed by atoms with E-state index in [0.717, 1.165) is 30.0 Å². The Labute approximate surface area is 137 Å². The van der Waals surface area contributed by atoms with E-state index in [-0.39, 0.29) is 12.5 Å². The summed E-state index contributed by atoms with van der Waals surface area (Å²) >= 11 is 0. The van der Waals surface area contributed by atoms with E-state index in [9.17, 15) is 4.79 Å². The van der Waals surface area contributed by atoms with Crippen molar-refractivity contribution >= 4 is 5.91 Å². The first kappa shape index (κ1) is 14.5. The molecular weight excluding hydrogens is 308 g/mol. The Morgan fingerprint density at radius 2 is 2.21 bits per heavy atom. The molecule has 1 atom stereocenters. The highest BCUT2D eigenvalue weighted by Gasteiger charge is 2.28. The molecule has 3 aromatic rings. The van der Waals surface area contributed by atoms with Gasteiger partial charge in [0.2, 0.25) is 5.91 Å². The quantitative estimate of drug-likeness (QED) is 0.617. The number of benzene rings is 1. The van der Waals surface area contributed by atoms with Gasteiger partial charge in [-0.05, 0) is 22.6 Å². The number of tetrazole rings is 1. The average Bonchev–Trinajstić information content (AvgIpc) is 3.29. The van der Waals surface area contributed by atoms with Crippen LogP contribution in [0.15, 0.2) is 36.7 Å². The second-order valence-corrected chi connectivity index (χ2v) is 5.46. The summed E-state index contributed by atoms with van der Waals surface area (Å²) in [7, 11) is 0. The molecule has 1 aliphatic heterocycles. The molecule has 3 N–H and O–H groups in total. The number of hydrogen-bond acceptors (Lipinski definition) is 6. The second-order valence-electron chi connectivity index (χ2n) is 5.46. The van der Waals surface area contributed by atoms with E-state index in [1.54, 1.807) is 11.0 Å². The molecule has 0 unspecified atom stereocenters. The van der Waals surface area contributed by atoms with Gasteiger partial charge in [-0.25, -0.2) is 4.98 Å². The maximum Gasteiger partial charge on any atom is 0.243 e. The number of para-hydroxylation sites is 1. The van der Waals surface area contributed by atoms with Crippen LogP contribution in [0, 0.1) is 0 Å². The Kier molecular flexibility index (Phi) is 3.75. The van der Waals surface area contributed by atoms with Gasteiger partial charge in [-0.1, -0.05) is 18.2 Å². The van der Waals surface area contributed by atoms with E-state index >= 15 is 0 Å². The molecule has 0 radical (unpaired) electrons. The Bertz CT molecular complexity index is 840. The lowest BCUT2D eigenvalue weighted by atomic mass is 10.1. The van der Waals surface area contributed by atoms with Gasteiger partial charge in [-0.3, -0.25) is 4.79 Å². The third kappa shape index (κ3) is 2.65. The van der Waals surface area contributed by atoms with Gasteiger partial charge in [0.15, 0.2) is 5.82 Å². The van der Waals surface area contributed by atoms with Gasteiger partial charge in [0.05, 0.1) is 24.3 Å². The van der Waals surface area contributed by atoms with Crippen LogP contribution >= 0.6 is 0 Å². The van der Waals surface area contributed by atoms with Crippen LogP contribution in [0.25, 0.3) is 5.69 Å². The molecule has 2 aromatic heterocycles. The van der Waals surface area contributed by atoms with Crippen LogP contribution in [0.1, 0.15) is 23.3 Å². The van der Waals surface area contributed by atoms with E-state index < -0.39 is 6.04 Å². The predicted octanol–water partition coefficient (Wildman–Crippen LogP) is -0.111. The van der Waals surface area contributed by atoms with Gasteiger partial charge < -0.3 is 15.6 Å². The average molecular weight is 324 g/mol. The fraction of sp³-hybridized carbons (Fsp3) is 0.267. The van der Waals surface area contributed by atoms with Gasteiger partial charge in [-0.2, -0.15) is 4.68 Å². The summed E-state index contributed by atoms with van der Waals surface area (Å²) in [6.45, 7) is 0.966. The molecule has 9 heteroatoms. The highest BCUT2D eigenvalue weighted by Crippen LogP contribution is 2.19. The van der Waals surface area contributed by atoms with Gasteiger partial charge in [-0.15, -0.1) is 5.10 Å². The van der Waals surface area contributed by atoms with Crippen LogP contribution < -0.4 is 10.6 Å². The molecule has 0 saturated carbocycles. The van der Waals surface area contributed by atoms with E-state index in [1.807, 2.05) is 30.3 Å². The third-order valence-electron chi connectivity index (χ3n) is 3.97. The molecular formula is C15H16N8O. The van der Waals surface area contributed by atoms with Crippen LogP contribution in [0.4, 0.5) is 0 Å². The molecule has 0 fully saturated rings. The van der Waals surface area contributed by atoms with Crippen molar-refractivity contribution in [2.75, 3.05) is 6.54 Å². The zero-order valence-electron chi connectivity index (χ0n) is 12.8. The number of aromatic amines is 1. The number of aromatic nitrogens is 6. The summed E-state index contributed by atoms with van der Waals surface area (Å²) in [6.07, 6.45) is 2.46. The van der Waals surface area contributed by atoms with Crippen LogP contribution in [-0.2, 0) is 17.8 Å². The van der Waals surface area contributed by atoms with Crippen molar-refractivity contribution < 1.29 is 4.79 Å². The van der Waals surface area contributed by atoms with Crippen LogP contribution in [0.5, 0.6) is 0 Å². The monoisotopic (exact) mass is 324 g/mol. The standard InChI is InChI=1S/C15H16N8O/c24-15(14-13-11(6-7-16-14)18-9-19-13)17-8-12-20-21-22-23(12)10-4-2-1-3-5-10/h1-5,9,14,16H,6-8H2,(H,17,24)(H,18,19)/t14-/m0/s1. The normalized spacial score (nSPS) is 16.6. The van der Waals surface area contributed by atoms with Crippen LogP contribution in [0.3, 0.4) is 0 Å². The highest BCUT2D eigenvalue weighted by molar-refractivity contribution is 5.83. The largest absolute Gasteiger partial charge is 0.348 e. The molecule has 0 aliphatic carbocycles. The zero-order chi connectivity index (χ0) is 16.4. The topological polar surface area (TPSA) is 113 Å². The smallest absolute Gasteiger partial charge is 0.243 e. The number of amides is 1. The number of carbonyl (C=O) groups is 1. The minimum Gasteiger partial charge on any atom is -0.348 e. The predicted molar refractivity (Wildman–Crippen MR) is 84.0 cm³/mol. The Balaban J connectivity index is 1.47. The number of hydrogen-bond donors (Lipinski definition) is 3. The molecule has 4 rings (SSSR count). The van der Waals surface area contributed by atoms with Gasteiger partial charge >= 0.3 is 0 Å². The fourth-order valence-corrected chi connectivity index (χ4v) is 2.79. The van der Waals surface area contributed by atoms with Crippen molar-refractivity contribution in [1.29, 1.82) is 0 Å². The Morgan fingerprint density at radius 1 is 1.33 bits per heavy atom. The van der Waals surface area contributed by atoms with Crippen molar-refractivity contribution in [1.82, 2.24) is 40.8 Å². The van der Waals surface area contributed by atoms with Crippen LogP contribution in [-0.4, -0.2) is 42.6 Å². The molecule has 1 amide bonds. The van der Waals surface area contributed by atoms with Gasteiger partial charge in [0, 0.05) is 18.7 Å². The molecule has 122 valence electrons. The number of rotatable bonds is 4. The van der Waals surface area contributed by atoms with E-state index in [1.165, 1.54) is 0 Å². The molecule has 1 aliphatic rings.